The highest BCUT2D eigenvalue weighted by atomic mass is 32.1. The Morgan fingerprint density at radius 1 is 1.35 bits per heavy atom. The predicted molar refractivity (Wildman–Crippen MR) is 66.7 cm³/mol. The number of amides is 1. The minimum Gasteiger partial charge on any atom is -0.360 e. The first-order valence-corrected chi connectivity index (χ1v) is 6.47. The van der Waals surface area contributed by atoms with Crippen LogP contribution < -0.4 is 10.6 Å². The SMILES string of the molecule is CCNc1nnc(C(=O)Nc2nc(C)ns2)s1. The Morgan fingerprint density at radius 2 is 2.18 bits per heavy atom. The van der Waals surface area contributed by atoms with Crippen LogP contribution in [0.25, 0.3) is 0 Å². The van der Waals surface area contributed by atoms with E-state index in [0.717, 1.165) is 18.1 Å². The molecule has 0 saturated heterocycles. The van der Waals surface area contributed by atoms with Gasteiger partial charge in [0.25, 0.3) is 5.91 Å². The van der Waals surface area contributed by atoms with Gasteiger partial charge in [-0.15, -0.1) is 10.2 Å². The Bertz CT molecular complexity index is 522. The van der Waals surface area contributed by atoms with Gasteiger partial charge in [-0.1, -0.05) is 11.3 Å². The number of anilines is 2. The van der Waals surface area contributed by atoms with Crippen LogP contribution in [0.4, 0.5) is 10.3 Å². The first-order valence-electron chi connectivity index (χ1n) is 4.88. The van der Waals surface area contributed by atoms with Gasteiger partial charge in [-0.3, -0.25) is 10.1 Å². The average molecular weight is 270 g/mol. The molecule has 90 valence electrons. The van der Waals surface area contributed by atoms with Crippen LogP contribution in [0.15, 0.2) is 0 Å². The Hall–Kier alpha value is -1.61. The van der Waals surface area contributed by atoms with Gasteiger partial charge >= 0.3 is 0 Å². The lowest BCUT2D eigenvalue weighted by atomic mass is 10.6. The number of hydrogen-bond acceptors (Lipinski definition) is 8. The third kappa shape index (κ3) is 2.94. The van der Waals surface area contributed by atoms with Gasteiger partial charge in [0, 0.05) is 18.1 Å². The van der Waals surface area contributed by atoms with Gasteiger partial charge in [-0.05, 0) is 13.8 Å². The van der Waals surface area contributed by atoms with Crippen LogP contribution >= 0.6 is 22.9 Å². The highest BCUT2D eigenvalue weighted by Gasteiger charge is 2.14. The van der Waals surface area contributed by atoms with Crippen molar-refractivity contribution in [2.45, 2.75) is 13.8 Å². The van der Waals surface area contributed by atoms with Crippen molar-refractivity contribution in [2.24, 2.45) is 0 Å². The zero-order chi connectivity index (χ0) is 12.3. The predicted octanol–water partition coefficient (Wildman–Crippen LogP) is 1.38. The summed E-state index contributed by atoms with van der Waals surface area (Å²) in [7, 11) is 0. The molecule has 0 spiro atoms. The summed E-state index contributed by atoms with van der Waals surface area (Å²) >= 11 is 2.34. The molecule has 17 heavy (non-hydrogen) atoms. The number of nitrogens with zero attached hydrogens (tertiary/aromatic N) is 4. The normalized spacial score (nSPS) is 10.2. The van der Waals surface area contributed by atoms with Gasteiger partial charge < -0.3 is 5.32 Å². The van der Waals surface area contributed by atoms with E-state index in [-0.39, 0.29) is 5.91 Å². The molecule has 0 bridgehead atoms. The average Bonchev–Trinajstić information content (AvgIpc) is 2.88. The highest BCUT2D eigenvalue weighted by molar-refractivity contribution is 7.17. The van der Waals surface area contributed by atoms with E-state index in [0.29, 0.717) is 21.1 Å². The van der Waals surface area contributed by atoms with Crippen LogP contribution in [0.2, 0.25) is 0 Å². The van der Waals surface area contributed by atoms with E-state index in [9.17, 15) is 4.79 Å². The summed E-state index contributed by atoms with van der Waals surface area (Å²) in [6, 6.07) is 0. The van der Waals surface area contributed by atoms with Crippen molar-refractivity contribution in [3.63, 3.8) is 0 Å². The maximum absolute atomic E-state index is 11.7. The molecular weight excluding hydrogens is 260 g/mol. The second-order valence-electron chi connectivity index (χ2n) is 3.04. The van der Waals surface area contributed by atoms with E-state index >= 15 is 0 Å². The summed E-state index contributed by atoms with van der Waals surface area (Å²) in [6.07, 6.45) is 0. The van der Waals surface area contributed by atoms with Gasteiger partial charge in [-0.25, -0.2) is 4.98 Å². The molecule has 2 N–H and O–H groups in total. The van der Waals surface area contributed by atoms with Crippen LogP contribution in [-0.2, 0) is 0 Å². The Kier molecular flexibility index (Phi) is 3.59. The largest absolute Gasteiger partial charge is 0.360 e. The Labute approximate surface area is 105 Å². The summed E-state index contributed by atoms with van der Waals surface area (Å²) in [6.45, 7) is 4.46. The second kappa shape index (κ2) is 5.15. The summed E-state index contributed by atoms with van der Waals surface area (Å²) in [5.41, 5.74) is 0. The quantitative estimate of drug-likeness (QED) is 0.872. The van der Waals surface area contributed by atoms with E-state index in [4.69, 9.17) is 0 Å². The van der Waals surface area contributed by atoms with Crippen LogP contribution in [0, 0.1) is 6.92 Å². The van der Waals surface area contributed by atoms with Gasteiger partial charge in [-0.2, -0.15) is 4.37 Å². The fraction of sp³-hybridized carbons (Fsp3) is 0.375. The highest BCUT2D eigenvalue weighted by Crippen LogP contribution is 2.17. The van der Waals surface area contributed by atoms with Crippen molar-refractivity contribution in [3.8, 4) is 0 Å². The smallest absolute Gasteiger partial charge is 0.288 e. The Morgan fingerprint density at radius 3 is 2.82 bits per heavy atom. The van der Waals surface area contributed by atoms with Crippen molar-refractivity contribution in [3.05, 3.63) is 10.8 Å². The summed E-state index contributed by atoms with van der Waals surface area (Å²) < 4.78 is 3.97. The molecule has 2 aromatic heterocycles. The molecule has 0 aliphatic carbocycles. The molecule has 9 heteroatoms. The van der Waals surface area contributed by atoms with E-state index < -0.39 is 0 Å². The first-order chi connectivity index (χ1) is 8.19. The van der Waals surface area contributed by atoms with Gasteiger partial charge in [0.15, 0.2) is 0 Å². The molecule has 0 radical (unpaired) electrons. The lowest BCUT2D eigenvalue weighted by Gasteiger charge is -1.95. The molecule has 0 fully saturated rings. The van der Waals surface area contributed by atoms with E-state index in [1.165, 1.54) is 11.3 Å². The molecule has 0 atom stereocenters. The van der Waals surface area contributed by atoms with Crippen molar-refractivity contribution in [2.75, 3.05) is 17.2 Å². The van der Waals surface area contributed by atoms with Crippen molar-refractivity contribution >= 4 is 39.0 Å². The van der Waals surface area contributed by atoms with E-state index in [1.54, 1.807) is 6.92 Å². The molecule has 7 nitrogen and oxygen atoms in total. The zero-order valence-corrected chi connectivity index (χ0v) is 10.9. The Balaban J connectivity index is 2.03. The number of aryl methyl sites for hydroxylation is 1. The summed E-state index contributed by atoms with van der Waals surface area (Å²) in [5.74, 6) is 0.318. The minimum absolute atomic E-state index is 0.300. The molecule has 0 unspecified atom stereocenters. The van der Waals surface area contributed by atoms with Crippen molar-refractivity contribution in [1.29, 1.82) is 0 Å². The van der Waals surface area contributed by atoms with Crippen LogP contribution in [-0.4, -0.2) is 32.0 Å². The van der Waals surface area contributed by atoms with Crippen molar-refractivity contribution in [1.82, 2.24) is 19.6 Å². The van der Waals surface area contributed by atoms with Crippen LogP contribution in [0.5, 0.6) is 0 Å². The van der Waals surface area contributed by atoms with Gasteiger partial charge in [0.1, 0.15) is 5.82 Å². The molecule has 0 saturated carbocycles. The first kappa shape index (κ1) is 11.9. The summed E-state index contributed by atoms with van der Waals surface area (Å²) in [4.78, 5) is 15.8. The minimum atomic E-state index is -0.317. The maximum atomic E-state index is 11.7. The number of carbonyl (C=O) groups is 1. The third-order valence-electron chi connectivity index (χ3n) is 1.70. The number of hydrogen-bond donors (Lipinski definition) is 2. The molecular formula is C8H10N6OS2. The third-order valence-corrected chi connectivity index (χ3v) is 3.30. The zero-order valence-electron chi connectivity index (χ0n) is 9.22. The molecule has 1 amide bonds. The summed E-state index contributed by atoms with van der Waals surface area (Å²) in [5, 5.41) is 14.6. The fourth-order valence-electron chi connectivity index (χ4n) is 1.04. The lowest BCUT2D eigenvalue weighted by Crippen LogP contribution is -2.11. The maximum Gasteiger partial charge on any atom is 0.288 e. The molecule has 2 rings (SSSR count). The van der Waals surface area contributed by atoms with E-state index in [1.807, 2.05) is 6.92 Å². The van der Waals surface area contributed by atoms with E-state index in [2.05, 4.69) is 30.2 Å². The van der Waals surface area contributed by atoms with Gasteiger partial charge in [0.2, 0.25) is 15.3 Å². The number of nitrogens with one attached hydrogen (secondary N) is 2. The number of aromatic nitrogens is 4. The molecule has 2 heterocycles. The molecule has 2 aromatic rings. The molecule has 0 aromatic carbocycles. The topological polar surface area (TPSA) is 92.7 Å². The molecule has 0 aliphatic rings. The fourth-order valence-corrected chi connectivity index (χ4v) is 2.31. The standard InChI is InChI=1S/C8H10N6OS2/c1-3-9-7-13-12-6(16-7)5(15)11-8-10-4(2)14-17-8/h3H2,1-2H3,(H,9,13)(H,10,11,14,15). The lowest BCUT2D eigenvalue weighted by molar-refractivity contribution is 0.102. The molecule has 0 aliphatic heterocycles. The van der Waals surface area contributed by atoms with Gasteiger partial charge in [0.05, 0.1) is 0 Å². The number of rotatable bonds is 4. The van der Waals surface area contributed by atoms with Crippen molar-refractivity contribution < 1.29 is 4.79 Å². The van der Waals surface area contributed by atoms with Crippen LogP contribution in [0.3, 0.4) is 0 Å². The number of carbonyl (C=O) groups excluding carboxylic acids is 1. The van der Waals surface area contributed by atoms with Crippen LogP contribution in [0.1, 0.15) is 22.6 Å². The second-order valence-corrected chi connectivity index (χ2v) is 4.77. The monoisotopic (exact) mass is 270 g/mol.